The second-order valence-electron chi connectivity index (χ2n) is 2.39. The minimum atomic E-state index is -0.222. The standard InChI is InChI=1S/C9H7N3O2/c10-12-11-5-1-2-7-3-4-8(13)9(14)6-7/h3-4,6,13-14H,5H2. The summed E-state index contributed by atoms with van der Waals surface area (Å²) in [6.07, 6.45) is 0. The molecule has 0 bridgehead atoms. The van der Waals surface area contributed by atoms with Crippen LogP contribution in [0, 0.1) is 11.8 Å². The van der Waals surface area contributed by atoms with Crippen LogP contribution in [0.25, 0.3) is 10.4 Å². The maximum Gasteiger partial charge on any atom is 0.158 e. The summed E-state index contributed by atoms with van der Waals surface area (Å²) in [5, 5.41) is 21.3. The van der Waals surface area contributed by atoms with E-state index in [1.54, 1.807) is 6.07 Å². The maximum absolute atomic E-state index is 9.10. The van der Waals surface area contributed by atoms with Crippen molar-refractivity contribution in [3.05, 3.63) is 34.2 Å². The lowest BCUT2D eigenvalue weighted by Crippen LogP contribution is -1.76. The molecule has 0 amide bonds. The van der Waals surface area contributed by atoms with E-state index >= 15 is 0 Å². The van der Waals surface area contributed by atoms with E-state index in [-0.39, 0.29) is 18.0 Å². The summed E-state index contributed by atoms with van der Waals surface area (Å²) in [5.41, 5.74) is 8.51. The maximum atomic E-state index is 9.10. The number of benzene rings is 1. The molecule has 5 nitrogen and oxygen atoms in total. The molecule has 0 aromatic heterocycles. The van der Waals surface area contributed by atoms with Gasteiger partial charge >= 0.3 is 0 Å². The van der Waals surface area contributed by atoms with Crippen molar-refractivity contribution in [1.29, 1.82) is 0 Å². The normalized spacial score (nSPS) is 8.29. The van der Waals surface area contributed by atoms with Gasteiger partial charge in [0, 0.05) is 10.5 Å². The fourth-order valence-corrected chi connectivity index (χ4v) is 0.810. The average Bonchev–Trinajstić information content (AvgIpc) is 2.18. The summed E-state index contributed by atoms with van der Waals surface area (Å²) in [6, 6.07) is 4.23. The van der Waals surface area contributed by atoms with E-state index in [4.69, 9.17) is 15.7 Å². The third-order valence-corrected chi connectivity index (χ3v) is 1.42. The number of aromatic hydroxyl groups is 2. The fourth-order valence-electron chi connectivity index (χ4n) is 0.810. The predicted molar refractivity (Wildman–Crippen MR) is 50.7 cm³/mol. The molecule has 0 heterocycles. The molecule has 0 unspecified atom stereocenters. The van der Waals surface area contributed by atoms with Gasteiger partial charge in [-0.2, -0.15) is 0 Å². The monoisotopic (exact) mass is 189 g/mol. The first kappa shape index (κ1) is 9.78. The number of hydrogen-bond acceptors (Lipinski definition) is 3. The van der Waals surface area contributed by atoms with E-state index in [1.807, 2.05) is 0 Å². The summed E-state index contributed by atoms with van der Waals surface area (Å²) in [5.74, 6) is 4.84. The fraction of sp³-hybridized carbons (Fsp3) is 0.111. The van der Waals surface area contributed by atoms with Crippen molar-refractivity contribution in [2.45, 2.75) is 0 Å². The van der Waals surface area contributed by atoms with Crippen molar-refractivity contribution >= 4 is 0 Å². The van der Waals surface area contributed by atoms with Crippen LogP contribution in [0.2, 0.25) is 0 Å². The summed E-state index contributed by atoms with van der Waals surface area (Å²) in [7, 11) is 0. The molecule has 1 aromatic carbocycles. The van der Waals surface area contributed by atoms with Gasteiger partial charge in [0.25, 0.3) is 0 Å². The first-order valence-electron chi connectivity index (χ1n) is 3.76. The first-order chi connectivity index (χ1) is 6.74. The highest BCUT2D eigenvalue weighted by Gasteiger charge is 1.97. The quantitative estimate of drug-likeness (QED) is 0.232. The largest absolute Gasteiger partial charge is 0.504 e. The van der Waals surface area contributed by atoms with Gasteiger partial charge in [-0.15, -0.1) is 0 Å². The van der Waals surface area contributed by atoms with E-state index in [9.17, 15) is 0 Å². The molecule has 0 aliphatic carbocycles. The van der Waals surface area contributed by atoms with Gasteiger partial charge in [0.05, 0.1) is 6.54 Å². The van der Waals surface area contributed by atoms with Gasteiger partial charge in [0.15, 0.2) is 11.5 Å². The number of rotatable bonds is 1. The third-order valence-electron chi connectivity index (χ3n) is 1.42. The Morgan fingerprint density at radius 1 is 1.36 bits per heavy atom. The Bertz CT molecular complexity index is 439. The van der Waals surface area contributed by atoms with E-state index in [0.717, 1.165) is 0 Å². The van der Waals surface area contributed by atoms with Crippen LogP contribution < -0.4 is 0 Å². The lowest BCUT2D eigenvalue weighted by Gasteiger charge is -1.95. The third kappa shape index (κ3) is 2.63. The summed E-state index contributed by atoms with van der Waals surface area (Å²) >= 11 is 0. The molecule has 1 aromatic rings. The molecule has 0 saturated heterocycles. The Hall–Kier alpha value is -2.31. The van der Waals surface area contributed by atoms with Gasteiger partial charge in [-0.25, -0.2) is 0 Å². The lowest BCUT2D eigenvalue weighted by atomic mass is 10.2. The Morgan fingerprint density at radius 3 is 2.79 bits per heavy atom. The van der Waals surface area contributed by atoms with Crippen molar-refractivity contribution in [2.24, 2.45) is 5.11 Å². The Labute approximate surface area is 80.2 Å². The highest BCUT2D eigenvalue weighted by molar-refractivity contribution is 5.46. The Morgan fingerprint density at radius 2 is 2.14 bits per heavy atom. The molecule has 0 aliphatic rings. The highest BCUT2D eigenvalue weighted by Crippen LogP contribution is 2.24. The van der Waals surface area contributed by atoms with Gasteiger partial charge in [0.1, 0.15) is 0 Å². The van der Waals surface area contributed by atoms with Gasteiger partial charge in [-0.05, 0) is 23.7 Å². The molecular weight excluding hydrogens is 182 g/mol. The number of nitrogens with zero attached hydrogens (tertiary/aromatic N) is 3. The molecule has 0 saturated carbocycles. The predicted octanol–water partition coefficient (Wildman–Crippen LogP) is 1.76. The molecule has 0 radical (unpaired) electrons. The summed E-state index contributed by atoms with van der Waals surface area (Å²) in [6.45, 7) is 0.0815. The van der Waals surface area contributed by atoms with Crippen molar-refractivity contribution in [3.63, 3.8) is 0 Å². The highest BCUT2D eigenvalue weighted by atomic mass is 16.3. The van der Waals surface area contributed by atoms with Gasteiger partial charge in [0.2, 0.25) is 0 Å². The average molecular weight is 189 g/mol. The van der Waals surface area contributed by atoms with Crippen LogP contribution in [-0.4, -0.2) is 16.8 Å². The van der Waals surface area contributed by atoms with Gasteiger partial charge in [-0.3, -0.25) is 0 Å². The molecule has 0 fully saturated rings. The Balaban J connectivity index is 2.80. The van der Waals surface area contributed by atoms with Crippen LogP contribution in [0.15, 0.2) is 23.3 Å². The van der Waals surface area contributed by atoms with Crippen LogP contribution in [-0.2, 0) is 0 Å². The number of hydrogen-bond donors (Lipinski definition) is 2. The zero-order valence-corrected chi connectivity index (χ0v) is 7.18. The minimum absolute atomic E-state index is 0.0815. The molecule has 70 valence electrons. The van der Waals surface area contributed by atoms with Crippen molar-refractivity contribution < 1.29 is 10.2 Å². The van der Waals surface area contributed by atoms with Crippen LogP contribution in [0.4, 0.5) is 0 Å². The number of phenols is 2. The zero-order chi connectivity index (χ0) is 10.4. The zero-order valence-electron chi connectivity index (χ0n) is 7.18. The summed E-state index contributed by atoms with van der Waals surface area (Å²) in [4.78, 5) is 2.53. The molecule has 0 atom stereocenters. The van der Waals surface area contributed by atoms with Crippen LogP contribution in [0.5, 0.6) is 11.5 Å². The van der Waals surface area contributed by atoms with Crippen LogP contribution in [0.1, 0.15) is 5.56 Å². The second kappa shape index (κ2) is 4.65. The van der Waals surface area contributed by atoms with Crippen molar-refractivity contribution in [3.8, 4) is 23.3 Å². The molecule has 14 heavy (non-hydrogen) atoms. The topological polar surface area (TPSA) is 89.2 Å². The van der Waals surface area contributed by atoms with E-state index in [0.29, 0.717) is 5.56 Å². The molecule has 0 spiro atoms. The molecule has 1 rings (SSSR count). The molecule has 5 heteroatoms. The van der Waals surface area contributed by atoms with Crippen molar-refractivity contribution in [2.75, 3.05) is 6.54 Å². The first-order valence-corrected chi connectivity index (χ1v) is 3.76. The number of phenolic OH excluding ortho intramolecular Hbond substituents is 2. The van der Waals surface area contributed by atoms with E-state index in [1.165, 1.54) is 12.1 Å². The van der Waals surface area contributed by atoms with Crippen LogP contribution >= 0.6 is 0 Å². The van der Waals surface area contributed by atoms with Crippen LogP contribution in [0.3, 0.4) is 0 Å². The SMILES string of the molecule is [N-]=[N+]=NCC#Cc1ccc(O)c(O)c1. The second-order valence-corrected chi connectivity index (χ2v) is 2.39. The van der Waals surface area contributed by atoms with E-state index in [2.05, 4.69) is 21.9 Å². The molecule has 2 N–H and O–H groups in total. The van der Waals surface area contributed by atoms with Gasteiger partial charge < -0.3 is 10.2 Å². The number of azide groups is 1. The molecule has 0 aliphatic heterocycles. The van der Waals surface area contributed by atoms with E-state index < -0.39 is 0 Å². The summed E-state index contributed by atoms with van der Waals surface area (Å²) < 4.78 is 0. The smallest absolute Gasteiger partial charge is 0.158 e. The molecular formula is C9H7N3O2. The lowest BCUT2D eigenvalue weighted by molar-refractivity contribution is 0.403. The van der Waals surface area contributed by atoms with Crippen molar-refractivity contribution in [1.82, 2.24) is 0 Å². The Kier molecular flexibility index (Phi) is 3.25. The van der Waals surface area contributed by atoms with Gasteiger partial charge in [-0.1, -0.05) is 17.0 Å². The minimum Gasteiger partial charge on any atom is -0.504 e.